The first-order valence-corrected chi connectivity index (χ1v) is 4.85. The lowest BCUT2D eigenvalue weighted by atomic mass is 9.86. The van der Waals surface area contributed by atoms with Gasteiger partial charge >= 0.3 is 0 Å². The van der Waals surface area contributed by atoms with Crippen molar-refractivity contribution in [2.45, 2.75) is 39.8 Å². The van der Waals surface area contributed by atoms with Crippen LogP contribution in [0.3, 0.4) is 0 Å². The van der Waals surface area contributed by atoms with Crippen LogP contribution in [0.25, 0.3) is 0 Å². The van der Waals surface area contributed by atoms with Crippen molar-refractivity contribution in [3.05, 3.63) is 0 Å². The molecule has 84 valence electrons. The average molecular weight is 202 g/mol. The highest BCUT2D eigenvalue weighted by Gasteiger charge is 2.29. The third-order valence-electron chi connectivity index (χ3n) is 2.11. The summed E-state index contributed by atoms with van der Waals surface area (Å²) in [6.07, 6.45) is -0.517. The molecule has 2 unspecified atom stereocenters. The Morgan fingerprint density at radius 3 is 2.21 bits per heavy atom. The lowest BCUT2D eigenvalue weighted by Gasteiger charge is -2.30. The van der Waals surface area contributed by atoms with Gasteiger partial charge in [0.25, 0.3) is 0 Å². The van der Waals surface area contributed by atoms with E-state index >= 15 is 0 Å². The molecule has 0 fully saturated rings. The average Bonchev–Trinajstić information content (AvgIpc) is 1.98. The highest BCUT2D eigenvalue weighted by atomic mass is 16.3. The van der Waals surface area contributed by atoms with Crippen molar-refractivity contribution in [2.75, 3.05) is 13.6 Å². The Bertz CT molecular complexity index is 197. The van der Waals surface area contributed by atoms with Crippen molar-refractivity contribution < 1.29 is 9.90 Å². The molecule has 0 aromatic carbocycles. The number of carbonyl (C=O) groups is 1. The molecule has 4 heteroatoms. The molecule has 0 spiro atoms. The number of aliphatic hydroxyl groups excluding tert-OH is 1. The Labute approximate surface area is 86.1 Å². The molecule has 0 aliphatic rings. The van der Waals surface area contributed by atoms with E-state index in [2.05, 4.69) is 0 Å². The van der Waals surface area contributed by atoms with Gasteiger partial charge in [0.1, 0.15) is 0 Å². The van der Waals surface area contributed by atoms with Gasteiger partial charge in [-0.1, -0.05) is 20.8 Å². The van der Waals surface area contributed by atoms with Gasteiger partial charge in [-0.2, -0.15) is 0 Å². The summed E-state index contributed by atoms with van der Waals surface area (Å²) in [7, 11) is 1.65. The summed E-state index contributed by atoms with van der Waals surface area (Å²) in [4.78, 5) is 13.2. The topological polar surface area (TPSA) is 66.6 Å². The van der Waals surface area contributed by atoms with Gasteiger partial charge in [0.05, 0.1) is 12.1 Å². The standard InChI is InChI=1S/C10H22N2O2/c1-7(13)6-12(5)9(14)8(11)10(2,3)4/h7-8,13H,6,11H2,1-5H3. The van der Waals surface area contributed by atoms with E-state index in [1.165, 1.54) is 4.90 Å². The summed E-state index contributed by atoms with van der Waals surface area (Å²) in [5, 5.41) is 9.12. The van der Waals surface area contributed by atoms with E-state index in [1.54, 1.807) is 14.0 Å². The molecular formula is C10H22N2O2. The number of nitrogens with zero attached hydrogens (tertiary/aromatic N) is 1. The third kappa shape index (κ3) is 4.07. The zero-order valence-corrected chi connectivity index (χ0v) is 9.74. The van der Waals surface area contributed by atoms with Crippen LogP contribution < -0.4 is 5.73 Å². The minimum atomic E-state index is -0.522. The molecule has 0 rings (SSSR count). The van der Waals surface area contributed by atoms with Crippen molar-refractivity contribution in [1.82, 2.24) is 4.90 Å². The summed E-state index contributed by atoms with van der Waals surface area (Å²) in [6.45, 7) is 7.73. The molecule has 3 N–H and O–H groups in total. The van der Waals surface area contributed by atoms with Crippen LogP contribution in [-0.2, 0) is 4.79 Å². The second kappa shape index (κ2) is 4.75. The second-order valence-corrected chi connectivity index (χ2v) is 4.91. The molecule has 14 heavy (non-hydrogen) atoms. The van der Waals surface area contributed by atoms with Crippen molar-refractivity contribution in [3.63, 3.8) is 0 Å². The van der Waals surface area contributed by atoms with Crippen LogP contribution >= 0.6 is 0 Å². The van der Waals surface area contributed by atoms with Gasteiger partial charge in [-0.3, -0.25) is 4.79 Å². The van der Waals surface area contributed by atoms with Gasteiger partial charge in [-0.25, -0.2) is 0 Å². The normalized spacial score (nSPS) is 16.2. The highest BCUT2D eigenvalue weighted by Crippen LogP contribution is 2.18. The fourth-order valence-electron chi connectivity index (χ4n) is 1.09. The van der Waals surface area contributed by atoms with E-state index in [4.69, 9.17) is 10.8 Å². The molecule has 0 heterocycles. The van der Waals surface area contributed by atoms with E-state index in [0.29, 0.717) is 6.54 Å². The van der Waals surface area contributed by atoms with E-state index < -0.39 is 12.1 Å². The number of hydrogen-bond donors (Lipinski definition) is 2. The fourth-order valence-corrected chi connectivity index (χ4v) is 1.09. The Morgan fingerprint density at radius 2 is 1.93 bits per heavy atom. The number of nitrogens with two attached hydrogens (primary N) is 1. The molecule has 0 aliphatic heterocycles. The molecule has 0 aromatic heterocycles. The molecular weight excluding hydrogens is 180 g/mol. The summed E-state index contributed by atoms with van der Waals surface area (Å²) < 4.78 is 0. The number of rotatable bonds is 3. The van der Waals surface area contributed by atoms with E-state index in [1.807, 2.05) is 20.8 Å². The van der Waals surface area contributed by atoms with Crippen molar-refractivity contribution >= 4 is 5.91 Å². The minimum Gasteiger partial charge on any atom is -0.392 e. The maximum atomic E-state index is 11.7. The summed E-state index contributed by atoms with van der Waals surface area (Å²) in [6, 6.07) is -0.522. The number of carbonyl (C=O) groups excluding carboxylic acids is 1. The first-order chi connectivity index (χ1) is 6.16. The Balaban J connectivity index is 4.32. The summed E-state index contributed by atoms with van der Waals surface area (Å²) in [5.74, 6) is -0.126. The first-order valence-electron chi connectivity index (χ1n) is 4.85. The van der Waals surface area contributed by atoms with Gasteiger partial charge in [0.2, 0.25) is 5.91 Å². The molecule has 0 saturated heterocycles. The fraction of sp³-hybridized carbons (Fsp3) is 0.900. The highest BCUT2D eigenvalue weighted by molar-refractivity contribution is 5.82. The Kier molecular flexibility index (Phi) is 4.55. The van der Waals surface area contributed by atoms with Crippen LogP contribution in [0.5, 0.6) is 0 Å². The molecule has 0 bridgehead atoms. The Hall–Kier alpha value is -0.610. The van der Waals surface area contributed by atoms with E-state index in [-0.39, 0.29) is 11.3 Å². The predicted octanol–water partition coefficient (Wildman–Crippen LogP) is 0.199. The quantitative estimate of drug-likeness (QED) is 0.687. The maximum absolute atomic E-state index is 11.7. The zero-order chi connectivity index (χ0) is 11.5. The van der Waals surface area contributed by atoms with Gasteiger partial charge in [0, 0.05) is 13.6 Å². The molecule has 4 nitrogen and oxygen atoms in total. The van der Waals surface area contributed by atoms with E-state index in [9.17, 15) is 4.79 Å². The molecule has 0 radical (unpaired) electrons. The number of aliphatic hydroxyl groups is 1. The number of hydrogen-bond acceptors (Lipinski definition) is 3. The van der Waals surface area contributed by atoms with Crippen LogP contribution in [-0.4, -0.2) is 41.7 Å². The largest absolute Gasteiger partial charge is 0.392 e. The minimum absolute atomic E-state index is 0.126. The second-order valence-electron chi connectivity index (χ2n) is 4.91. The van der Waals surface area contributed by atoms with Gasteiger partial charge in [0.15, 0.2) is 0 Å². The van der Waals surface area contributed by atoms with Gasteiger partial charge < -0.3 is 15.7 Å². The lowest BCUT2D eigenvalue weighted by Crippen LogP contribution is -2.50. The molecule has 1 amide bonds. The van der Waals surface area contributed by atoms with Gasteiger partial charge in [-0.15, -0.1) is 0 Å². The van der Waals surface area contributed by atoms with Crippen LogP contribution in [0.4, 0.5) is 0 Å². The molecule has 0 aromatic rings. The van der Waals surface area contributed by atoms with Crippen molar-refractivity contribution in [1.29, 1.82) is 0 Å². The summed E-state index contributed by atoms with van der Waals surface area (Å²) >= 11 is 0. The van der Waals surface area contributed by atoms with Crippen molar-refractivity contribution in [3.8, 4) is 0 Å². The van der Waals surface area contributed by atoms with Crippen LogP contribution in [0.2, 0.25) is 0 Å². The zero-order valence-electron chi connectivity index (χ0n) is 9.74. The third-order valence-corrected chi connectivity index (χ3v) is 2.11. The molecule has 0 aliphatic carbocycles. The van der Waals surface area contributed by atoms with Gasteiger partial charge in [-0.05, 0) is 12.3 Å². The lowest BCUT2D eigenvalue weighted by molar-refractivity contribution is -0.134. The molecule has 2 atom stereocenters. The maximum Gasteiger partial charge on any atom is 0.239 e. The summed E-state index contributed by atoms with van der Waals surface area (Å²) in [5.41, 5.74) is 5.55. The first kappa shape index (κ1) is 13.4. The van der Waals surface area contributed by atoms with E-state index in [0.717, 1.165) is 0 Å². The van der Waals surface area contributed by atoms with Crippen molar-refractivity contribution in [2.24, 2.45) is 11.1 Å². The number of amides is 1. The molecule has 0 saturated carbocycles. The SMILES string of the molecule is CC(O)CN(C)C(=O)C(N)C(C)(C)C. The predicted molar refractivity (Wildman–Crippen MR) is 56.7 cm³/mol. The smallest absolute Gasteiger partial charge is 0.239 e. The Morgan fingerprint density at radius 1 is 1.50 bits per heavy atom. The number of likely N-dealkylation sites (N-methyl/N-ethyl adjacent to an activating group) is 1. The monoisotopic (exact) mass is 202 g/mol. The van der Waals surface area contributed by atoms with Crippen LogP contribution in [0.15, 0.2) is 0 Å². The van der Waals surface area contributed by atoms with Crippen LogP contribution in [0, 0.1) is 5.41 Å². The van der Waals surface area contributed by atoms with Crippen LogP contribution in [0.1, 0.15) is 27.7 Å².